The number of amides is 1. The Hall–Kier alpha value is -0.970. The second kappa shape index (κ2) is 7.58. The van der Waals surface area contributed by atoms with E-state index in [9.17, 15) is 9.59 Å². The van der Waals surface area contributed by atoms with Crippen molar-refractivity contribution in [1.82, 2.24) is 0 Å². The Morgan fingerprint density at radius 1 is 1.11 bits per heavy atom. The fourth-order valence-electron chi connectivity index (χ4n) is 1.28. The third-order valence-corrected chi connectivity index (χ3v) is 3.18. The van der Waals surface area contributed by atoms with Crippen LogP contribution >= 0.6 is 34.8 Å². The van der Waals surface area contributed by atoms with Crippen LogP contribution in [0, 0.1) is 0 Å². The number of benzene rings is 1. The van der Waals surface area contributed by atoms with Crippen LogP contribution in [0.2, 0.25) is 15.1 Å². The first kappa shape index (κ1) is 16.1. The summed E-state index contributed by atoms with van der Waals surface area (Å²) in [7, 11) is 0. The third kappa shape index (κ3) is 5.27. The standard InChI is InChI=1S/C12H12Cl3NO3/c1-2-19-12(18)4-3-11(17)16-10-6-8(14)7(13)5-9(10)15/h5-6H,2-4H2,1H3,(H,16,17). The Bertz CT molecular complexity index is 491. The van der Waals surface area contributed by atoms with Gasteiger partial charge in [0.05, 0.1) is 33.8 Å². The average molecular weight is 325 g/mol. The van der Waals surface area contributed by atoms with Gasteiger partial charge < -0.3 is 10.1 Å². The summed E-state index contributed by atoms with van der Waals surface area (Å²) in [4.78, 5) is 22.7. The van der Waals surface area contributed by atoms with Crippen LogP contribution in [0.1, 0.15) is 19.8 Å². The molecule has 1 amide bonds. The fraction of sp³-hybridized carbons (Fsp3) is 0.333. The maximum Gasteiger partial charge on any atom is 0.306 e. The van der Waals surface area contributed by atoms with E-state index in [1.165, 1.54) is 12.1 Å². The van der Waals surface area contributed by atoms with Crippen LogP contribution in [-0.4, -0.2) is 18.5 Å². The Balaban J connectivity index is 2.58. The lowest BCUT2D eigenvalue weighted by atomic mass is 10.2. The van der Waals surface area contributed by atoms with Gasteiger partial charge in [0.1, 0.15) is 0 Å². The summed E-state index contributed by atoms with van der Waals surface area (Å²) in [5.41, 5.74) is 0.352. The van der Waals surface area contributed by atoms with E-state index in [2.05, 4.69) is 5.32 Å². The molecule has 0 saturated carbocycles. The highest BCUT2D eigenvalue weighted by atomic mass is 35.5. The van der Waals surface area contributed by atoms with E-state index >= 15 is 0 Å². The maximum atomic E-state index is 11.6. The molecular formula is C12H12Cl3NO3. The van der Waals surface area contributed by atoms with E-state index in [0.717, 1.165) is 0 Å². The zero-order chi connectivity index (χ0) is 14.4. The average Bonchev–Trinajstić information content (AvgIpc) is 2.34. The van der Waals surface area contributed by atoms with E-state index in [4.69, 9.17) is 39.5 Å². The van der Waals surface area contributed by atoms with Crippen molar-refractivity contribution in [3.05, 3.63) is 27.2 Å². The Morgan fingerprint density at radius 3 is 2.37 bits per heavy atom. The molecular weight excluding hydrogens is 312 g/mol. The highest BCUT2D eigenvalue weighted by Gasteiger charge is 2.11. The van der Waals surface area contributed by atoms with Gasteiger partial charge in [-0.3, -0.25) is 9.59 Å². The van der Waals surface area contributed by atoms with Gasteiger partial charge in [0.25, 0.3) is 0 Å². The molecule has 0 spiro atoms. The summed E-state index contributed by atoms with van der Waals surface area (Å²) in [5, 5.41) is 3.42. The van der Waals surface area contributed by atoms with Crippen molar-refractivity contribution in [2.75, 3.05) is 11.9 Å². The van der Waals surface area contributed by atoms with E-state index in [0.29, 0.717) is 17.3 Å². The zero-order valence-electron chi connectivity index (χ0n) is 10.1. The van der Waals surface area contributed by atoms with Crippen molar-refractivity contribution in [1.29, 1.82) is 0 Å². The van der Waals surface area contributed by atoms with Gasteiger partial charge in [0.15, 0.2) is 0 Å². The lowest BCUT2D eigenvalue weighted by Crippen LogP contribution is -2.14. The predicted octanol–water partition coefficient (Wildman–Crippen LogP) is 3.93. The first-order valence-electron chi connectivity index (χ1n) is 5.54. The molecule has 1 aromatic carbocycles. The van der Waals surface area contributed by atoms with Crippen molar-refractivity contribution in [2.24, 2.45) is 0 Å². The summed E-state index contributed by atoms with van der Waals surface area (Å²) in [6, 6.07) is 2.89. The molecule has 0 radical (unpaired) electrons. The van der Waals surface area contributed by atoms with Crippen LogP contribution in [0.3, 0.4) is 0 Å². The number of carbonyl (C=O) groups is 2. The first-order valence-corrected chi connectivity index (χ1v) is 6.67. The molecule has 1 aromatic rings. The van der Waals surface area contributed by atoms with Crippen molar-refractivity contribution < 1.29 is 14.3 Å². The number of nitrogens with one attached hydrogen (secondary N) is 1. The number of anilines is 1. The normalized spacial score (nSPS) is 10.1. The molecule has 0 aliphatic heterocycles. The number of halogens is 3. The van der Waals surface area contributed by atoms with E-state index in [-0.39, 0.29) is 28.8 Å². The molecule has 104 valence electrons. The molecule has 1 rings (SSSR count). The van der Waals surface area contributed by atoms with Gasteiger partial charge in [-0.1, -0.05) is 34.8 Å². The van der Waals surface area contributed by atoms with Gasteiger partial charge in [0, 0.05) is 6.42 Å². The Morgan fingerprint density at radius 2 is 1.74 bits per heavy atom. The summed E-state index contributed by atoms with van der Waals surface area (Å²) >= 11 is 17.5. The highest BCUT2D eigenvalue weighted by Crippen LogP contribution is 2.32. The van der Waals surface area contributed by atoms with Crippen molar-refractivity contribution in [3.63, 3.8) is 0 Å². The third-order valence-electron chi connectivity index (χ3n) is 2.15. The van der Waals surface area contributed by atoms with E-state index < -0.39 is 5.97 Å². The van der Waals surface area contributed by atoms with E-state index in [1.54, 1.807) is 6.92 Å². The molecule has 0 aliphatic carbocycles. The summed E-state index contributed by atoms with van der Waals surface area (Å²) in [5.74, 6) is -0.772. The van der Waals surface area contributed by atoms with E-state index in [1.807, 2.05) is 0 Å². The van der Waals surface area contributed by atoms with Crippen molar-refractivity contribution in [3.8, 4) is 0 Å². The maximum absolute atomic E-state index is 11.6. The molecule has 0 aromatic heterocycles. The zero-order valence-corrected chi connectivity index (χ0v) is 12.4. The molecule has 0 aliphatic rings. The molecule has 4 nitrogen and oxygen atoms in total. The summed E-state index contributed by atoms with van der Waals surface area (Å²) in [6.45, 7) is 1.99. The molecule has 19 heavy (non-hydrogen) atoms. The Kier molecular flexibility index (Phi) is 6.42. The van der Waals surface area contributed by atoms with Crippen LogP contribution in [0.15, 0.2) is 12.1 Å². The summed E-state index contributed by atoms with van der Waals surface area (Å²) < 4.78 is 4.72. The lowest BCUT2D eigenvalue weighted by Gasteiger charge is -2.08. The lowest BCUT2D eigenvalue weighted by molar-refractivity contribution is -0.144. The van der Waals surface area contributed by atoms with Crippen LogP contribution in [-0.2, 0) is 14.3 Å². The van der Waals surface area contributed by atoms with Crippen LogP contribution in [0.4, 0.5) is 5.69 Å². The monoisotopic (exact) mass is 323 g/mol. The van der Waals surface area contributed by atoms with Gasteiger partial charge in [-0.15, -0.1) is 0 Å². The summed E-state index contributed by atoms with van der Waals surface area (Å²) in [6.07, 6.45) is 0.0218. The predicted molar refractivity (Wildman–Crippen MR) is 76.0 cm³/mol. The fourth-order valence-corrected chi connectivity index (χ4v) is 1.87. The van der Waals surface area contributed by atoms with Crippen LogP contribution in [0.5, 0.6) is 0 Å². The van der Waals surface area contributed by atoms with Gasteiger partial charge in [-0.25, -0.2) is 0 Å². The second-order valence-electron chi connectivity index (χ2n) is 3.60. The van der Waals surface area contributed by atoms with Gasteiger partial charge in [-0.05, 0) is 19.1 Å². The number of carbonyl (C=O) groups excluding carboxylic acids is 2. The molecule has 0 heterocycles. The minimum Gasteiger partial charge on any atom is -0.466 e. The minimum absolute atomic E-state index is 0.00933. The van der Waals surface area contributed by atoms with Gasteiger partial charge in [-0.2, -0.15) is 0 Å². The van der Waals surface area contributed by atoms with Crippen molar-refractivity contribution >= 4 is 52.4 Å². The van der Waals surface area contributed by atoms with Crippen molar-refractivity contribution in [2.45, 2.75) is 19.8 Å². The molecule has 0 unspecified atom stereocenters. The SMILES string of the molecule is CCOC(=O)CCC(=O)Nc1cc(Cl)c(Cl)cc1Cl. The Labute approximate surface area is 126 Å². The molecule has 0 saturated heterocycles. The first-order chi connectivity index (χ1) is 8.93. The number of rotatable bonds is 5. The molecule has 0 bridgehead atoms. The number of hydrogen-bond acceptors (Lipinski definition) is 3. The molecule has 0 atom stereocenters. The minimum atomic E-state index is -0.419. The van der Waals surface area contributed by atoms with Crippen LogP contribution in [0.25, 0.3) is 0 Å². The number of hydrogen-bond donors (Lipinski definition) is 1. The smallest absolute Gasteiger partial charge is 0.306 e. The largest absolute Gasteiger partial charge is 0.466 e. The van der Waals surface area contributed by atoms with Gasteiger partial charge >= 0.3 is 5.97 Å². The highest BCUT2D eigenvalue weighted by molar-refractivity contribution is 6.44. The topological polar surface area (TPSA) is 55.4 Å². The molecule has 0 fully saturated rings. The second-order valence-corrected chi connectivity index (χ2v) is 4.82. The number of esters is 1. The quantitative estimate of drug-likeness (QED) is 0.659. The van der Waals surface area contributed by atoms with Gasteiger partial charge in [0.2, 0.25) is 5.91 Å². The molecule has 1 N–H and O–H groups in total. The molecule has 7 heteroatoms. The number of ether oxygens (including phenoxy) is 1. The van der Waals surface area contributed by atoms with Crippen LogP contribution < -0.4 is 5.32 Å².